The van der Waals surface area contributed by atoms with Gasteiger partial charge in [-0.05, 0) is 55.2 Å². The van der Waals surface area contributed by atoms with Gasteiger partial charge in [0.1, 0.15) is 11.4 Å². The summed E-state index contributed by atoms with van der Waals surface area (Å²) in [6.07, 6.45) is 0.966. The first-order chi connectivity index (χ1) is 12.1. The van der Waals surface area contributed by atoms with Crippen LogP contribution >= 0.6 is 27.5 Å². The van der Waals surface area contributed by atoms with Crippen LogP contribution in [-0.4, -0.2) is 11.7 Å². The SMILES string of the molecule is Cc1noc(-c2ccc(Br)cc2)c1NCCC(C)c1ccccc1Cl. The molecule has 3 nitrogen and oxygen atoms in total. The number of hydrogen-bond acceptors (Lipinski definition) is 3. The van der Waals surface area contributed by atoms with E-state index in [-0.39, 0.29) is 0 Å². The van der Waals surface area contributed by atoms with Crippen LogP contribution in [0, 0.1) is 6.92 Å². The average Bonchev–Trinajstić information content (AvgIpc) is 2.97. The molecule has 0 spiro atoms. The highest BCUT2D eigenvalue weighted by atomic mass is 79.9. The second-order valence-corrected chi connectivity index (χ2v) is 7.44. The lowest BCUT2D eigenvalue weighted by Crippen LogP contribution is -2.07. The van der Waals surface area contributed by atoms with Gasteiger partial charge in [0.25, 0.3) is 0 Å². The van der Waals surface area contributed by atoms with E-state index in [0.717, 1.165) is 45.2 Å². The Morgan fingerprint density at radius 2 is 1.88 bits per heavy atom. The Bertz CT molecular complexity index is 845. The number of aromatic nitrogens is 1. The number of benzene rings is 2. The van der Waals surface area contributed by atoms with Crippen LogP contribution in [0.2, 0.25) is 5.02 Å². The lowest BCUT2D eigenvalue weighted by atomic mass is 9.98. The van der Waals surface area contributed by atoms with Crippen LogP contribution in [0.5, 0.6) is 0 Å². The number of nitrogens with one attached hydrogen (secondary N) is 1. The molecule has 0 saturated carbocycles. The van der Waals surface area contributed by atoms with Crippen molar-refractivity contribution in [1.82, 2.24) is 5.16 Å². The Labute approximate surface area is 161 Å². The minimum absolute atomic E-state index is 0.373. The predicted molar refractivity (Wildman–Crippen MR) is 107 cm³/mol. The topological polar surface area (TPSA) is 38.1 Å². The van der Waals surface area contributed by atoms with Gasteiger partial charge in [0.2, 0.25) is 0 Å². The highest BCUT2D eigenvalue weighted by Crippen LogP contribution is 2.32. The van der Waals surface area contributed by atoms with Crippen molar-refractivity contribution in [3.05, 3.63) is 69.3 Å². The standard InChI is InChI=1S/C20H20BrClN2O/c1-13(17-5-3-4-6-18(17)22)11-12-23-19-14(2)24-25-20(19)15-7-9-16(21)10-8-15/h3-10,13,23H,11-12H2,1-2H3. The summed E-state index contributed by atoms with van der Waals surface area (Å²) >= 11 is 9.75. The number of halogens is 2. The molecule has 0 saturated heterocycles. The van der Waals surface area contributed by atoms with E-state index in [1.165, 1.54) is 5.56 Å². The van der Waals surface area contributed by atoms with Gasteiger partial charge in [-0.3, -0.25) is 0 Å². The highest BCUT2D eigenvalue weighted by molar-refractivity contribution is 9.10. The molecule has 1 heterocycles. The fourth-order valence-electron chi connectivity index (χ4n) is 2.82. The maximum Gasteiger partial charge on any atom is 0.190 e. The Morgan fingerprint density at radius 1 is 1.16 bits per heavy atom. The van der Waals surface area contributed by atoms with Gasteiger partial charge in [-0.1, -0.05) is 57.8 Å². The first-order valence-corrected chi connectivity index (χ1v) is 9.44. The number of rotatable bonds is 6. The molecule has 0 aliphatic heterocycles. The number of hydrogen-bond donors (Lipinski definition) is 1. The zero-order chi connectivity index (χ0) is 17.8. The predicted octanol–water partition coefficient (Wildman–Crippen LogP) is 6.67. The molecule has 1 atom stereocenters. The lowest BCUT2D eigenvalue weighted by Gasteiger charge is -2.14. The molecule has 1 aromatic heterocycles. The first kappa shape index (κ1) is 18.0. The van der Waals surface area contributed by atoms with E-state index in [9.17, 15) is 0 Å². The third kappa shape index (κ3) is 4.25. The molecule has 5 heteroatoms. The number of anilines is 1. The normalized spacial score (nSPS) is 12.2. The monoisotopic (exact) mass is 418 g/mol. The molecule has 0 aliphatic rings. The molecule has 0 radical (unpaired) electrons. The minimum Gasteiger partial charge on any atom is -0.380 e. The third-order valence-corrected chi connectivity index (χ3v) is 5.16. The van der Waals surface area contributed by atoms with Crippen molar-refractivity contribution in [1.29, 1.82) is 0 Å². The van der Waals surface area contributed by atoms with Crippen molar-refractivity contribution in [2.45, 2.75) is 26.2 Å². The Balaban J connectivity index is 1.69. The summed E-state index contributed by atoms with van der Waals surface area (Å²) in [7, 11) is 0. The number of nitrogens with zero attached hydrogens (tertiary/aromatic N) is 1. The molecule has 0 amide bonds. The summed E-state index contributed by atoms with van der Waals surface area (Å²) in [4.78, 5) is 0. The van der Waals surface area contributed by atoms with Gasteiger partial charge >= 0.3 is 0 Å². The van der Waals surface area contributed by atoms with Crippen LogP contribution in [0.25, 0.3) is 11.3 Å². The molecule has 1 N–H and O–H groups in total. The van der Waals surface area contributed by atoms with Gasteiger partial charge < -0.3 is 9.84 Å². The molecule has 0 aliphatic carbocycles. The molecule has 0 bridgehead atoms. The van der Waals surface area contributed by atoms with Gasteiger partial charge in [0.15, 0.2) is 5.76 Å². The van der Waals surface area contributed by atoms with Crippen molar-refractivity contribution >= 4 is 33.2 Å². The molecule has 25 heavy (non-hydrogen) atoms. The smallest absolute Gasteiger partial charge is 0.190 e. The number of aryl methyl sites for hydroxylation is 1. The molecular formula is C20H20BrClN2O. The Hall–Kier alpha value is -1.78. The van der Waals surface area contributed by atoms with Crippen molar-refractivity contribution in [3.63, 3.8) is 0 Å². The van der Waals surface area contributed by atoms with Crippen LogP contribution in [0.1, 0.15) is 30.5 Å². The van der Waals surface area contributed by atoms with E-state index in [1.807, 2.05) is 49.4 Å². The molecule has 130 valence electrons. The van der Waals surface area contributed by atoms with Crippen LogP contribution in [-0.2, 0) is 0 Å². The maximum atomic E-state index is 6.29. The first-order valence-electron chi connectivity index (χ1n) is 8.26. The van der Waals surface area contributed by atoms with Crippen molar-refractivity contribution in [2.75, 3.05) is 11.9 Å². The second-order valence-electron chi connectivity index (χ2n) is 6.12. The molecule has 2 aromatic carbocycles. The minimum atomic E-state index is 0.373. The summed E-state index contributed by atoms with van der Waals surface area (Å²) in [5, 5.41) is 8.42. The van der Waals surface area contributed by atoms with Crippen molar-refractivity contribution < 1.29 is 4.52 Å². The van der Waals surface area contributed by atoms with Crippen molar-refractivity contribution in [2.24, 2.45) is 0 Å². The van der Waals surface area contributed by atoms with Crippen LogP contribution in [0.15, 0.2) is 57.5 Å². The quantitative estimate of drug-likeness (QED) is 0.485. The fourth-order valence-corrected chi connectivity index (χ4v) is 3.41. The summed E-state index contributed by atoms with van der Waals surface area (Å²) in [5.41, 5.74) is 4.00. The van der Waals surface area contributed by atoms with Crippen molar-refractivity contribution in [3.8, 4) is 11.3 Å². The zero-order valence-electron chi connectivity index (χ0n) is 14.2. The summed E-state index contributed by atoms with van der Waals surface area (Å²) in [6, 6.07) is 16.0. The van der Waals surface area contributed by atoms with E-state index < -0.39 is 0 Å². The van der Waals surface area contributed by atoms with Gasteiger partial charge in [-0.15, -0.1) is 0 Å². The van der Waals surface area contributed by atoms with Gasteiger partial charge in [-0.25, -0.2) is 0 Å². The zero-order valence-corrected chi connectivity index (χ0v) is 16.6. The van der Waals surface area contributed by atoms with Crippen LogP contribution in [0.4, 0.5) is 5.69 Å². The molecular weight excluding hydrogens is 400 g/mol. The van der Waals surface area contributed by atoms with Crippen LogP contribution in [0.3, 0.4) is 0 Å². The Morgan fingerprint density at radius 3 is 2.60 bits per heavy atom. The van der Waals surface area contributed by atoms with Gasteiger partial charge in [0.05, 0.1) is 0 Å². The maximum absolute atomic E-state index is 6.29. The van der Waals surface area contributed by atoms with Gasteiger partial charge in [-0.2, -0.15) is 0 Å². The van der Waals surface area contributed by atoms with E-state index in [4.69, 9.17) is 16.1 Å². The molecule has 0 fully saturated rings. The summed E-state index contributed by atoms with van der Waals surface area (Å²) in [6.45, 7) is 4.96. The average molecular weight is 420 g/mol. The van der Waals surface area contributed by atoms with E-state index in [1.54, 1.807) is 0 Å². The largest absolute Gasteiger partial charge is 0.380 e. The van der Waals surface area contributed by atoms with E-state index in [0.29, 0.717) is 5.92 Å². The molecule has 1 unspecified atom stereocenters. The summed E-state index contributed by atoms with van der Waals surface area (Å²) in [5.74, 6) is 1.15. The van der Waals surface area contributed by atoms with Crippen LogP contribution < -0.4 is 5.32 Å². The Kier molecular flexibility index (Phi) is 5.82. The van der Waals surface area contributed by atoms with E-state index in [2.05, 4.69) is 39.4 Å². The van der Waals surface area contributed by atoms with Gasteiger partial charge in [0, 0.05) is 21.6 Å². The summed E-state index contributed by atoms with van der Waals surface area (Å²) < 4.78 is 6.57. The third-order valence-electron chi connectivity index (χ3n) is 4.28. The second kappa shape index (κ2) is 8.07. The lowest BCUT2D eigenvalue weighted by molar-refractivity contribution is 0.427. The highest BCUT2D eigenvalue weighted by Gasteiger charge is 2.15. The van der Waals surface area contributed by atoms with E-state index >= 15 is 0 Å². The molecule has 3 aromatic rings. The fraction of sp³-hybridized carbons (Fsp3) is 0.250. The molecule has 3 rings (SSSR count).